The van der Waals surface area contributed by atoms with Crippen LogP contribution in [0.4, 0.5) is 0 Å². The van der Waals surface area contributed by atoms with E-state index in [0.717, 1.165) is 29.9 Å². The Morgan fingerprint density at radius 3 is 2.36 bits per heavy atom. The molecule has 0 bridgehead atoms. The van der Waals surface area contributed by atoms with Crippen molar-refractivity contribution >= 4 is 18.3 Å². The van der Waals surface area contributed by atoms with Crippen LogP contribution in [0.3, 0.4) is 0 Å². The summed E-state index contributed by atoms with van der Waals surface area (Å²) in [5.74, 6) is 1.47. The predicted octanol–water partition coefficient (Wildman–Crippen LogP) is 3.62. The first-order valence-corrected chi connectivity index (χ1v) is 10.0. The minimum Gasteiger partial charge on any atom is -0.490 e. The molecule has 1 aliphatic heterocycles. The van der Waals surface area contributed by atoms with E-state index in [2.05, 4.69) is 19.2 Å². The van der Waals surface area contributed by atoms with Crippen molar-refractivity contribution in [3.8, 4) is 11.5 Å². The first-order valence-electron chi connectivity index (χ1n) is 10.0. The molecule has 7 heteroatoms. The molecule has 0 radical (unpaired) electrons. The summed E-state index contributed by atoms with van der Waals surface area (Å²) in [5, 5.41) is 3.13. The van der Waals surface area contributed by atoms with Crippen molar-refractivity contribution in [3.05, 3.63) is 23.8 Å². The van der Waals surface area contributed by atoms with E-state index in [-0.39, 0.29) is 24.4 Å². The molecule has 1 heterocycles. The third-order valence-corrected chi connectivity index (χ3v) is 5.06. The van der Waals surface area contributed by atoms with Crippen molar-refractivity contribution in [1.29, 1.82) is 0 Å². The molecule has 1 unspecified atom stereocenters. The molecule has 28 heavy (non-hydrogen) atoms. The largest absolute Gasteiger partial charge is 0.490 e. The highest BCUT2D eigenvalue weighted by atomic mass is 35.5. The number of hydrogen-bond donors (Lipinski definition) is 2. The lowest BCUT2D eigenvalue weighted by molar-refractivity contribution is -0.136. The topological polar surface area (TPSA) is 82.8 Å². The van der Waals surface area contributed by atoms with Crippen LogP contribution in [0, 0.1) is 5.41 Å². The second-order valence-electron chi connectivity index (χ2n) is 7.20. The average Bonchev–Trinajstić information content (AvgIpc) is 2.71. The Morgan fingerprint density at radius 1 is 1.18 bits per heavy atom. The molecule has 1 atom stereocenters. The Morgan fingerprint density at radius 2 is 1.79 bits per heavy atom. The van der Waals surface area contributed by atoms with Crippen LogP contribution in [0.5, 0.6) is 11.5 Å². The number of ether oxygens (including phenoxy) is 3. The average molecular weight is 415 g/mol. The molecule has 1 fully saturated rings. The fraction of sp³-hybridized carbons (Fsp3) is 0.667. The number of carbonyl (C=O) groups excluding carboxylic acids is 1. The van der Waals surface area contributed by atoms with Gasteiger partial charge in [-0.05, 0) is 50.3 Å². The van der Waals surface area contributed by atoms with Crippen LogP contribution < -0.4 is 20.5 Å². The van der Waals surface area contributed by atoms with E-state index in [1.54, 1.807) is 0 Å². The van der Waals surface area contributed by atoms with Gasteiger partial charge in [0.05, 0.1) is 24.7 Å². The summed E-state index contributed by atoms with van der Waals surface area (Å²) in [6.45, 7) is 8.89. The lowest BCUT2D eigenvalue weighted by atomic mass is 9.79. The van der Waals surface area contributed by atoms with Crippen molar-refractivity contribution < 1.29 is 19.0 Å². The van der Waals surface area contributed by atoms with Gasteiger partial charge in [-0.3, -0.25) is 4.79 Å². The molecule has 1 amide bonds. The molecule has 6 nitrogen and oxygen atoms in total. The van der Waals surface area contributed by atoms with E-state index in [1.807, 2.05) is 25.1 Å². The zero-order chi connectivity index (χ0) is 19.7. The van der Waals surface area contributed by atoms with Crippen LogP contribution in [-0.2, 0) is 9.53 Å². The monoisotopic (exact) mass is 414 g/mol. The summed E-state index contributed by atoms with van der Waals surface area (Å²) in [7, 11) is 0. The van der Waals surface area contributed by atoms with Gasteiger partial charge in [-0.1, -0.05) is 19.9 Å². The molecule has 160 valence electrons. The smallest absolute Gasteiger partial charge is 0.228 e. The molecular weight excluding hydrogens is 380 g/mol. The lowest BCUT2D eigenvalue weighted by Crippen LogP contribution is -2.49. The van der Waals surface area contributed by atoms with Crippen molar-refractivity contribution in [2.45, 2.75) is 52.5 Å². The summed E-state index contributed by atoms with van der Waals surface area (Å²) in [6, 6.07) is 5.72. The minimum atomic E-state index is -0.530. The number of rotatable bonds is 10. The first-order chi connectivity index (χ1) is 13.1. The third-order valence-electron chi connectivity index (χ3n) is 5.06. The second-order valence-corrected chi connectivity index (χ2v) is 7.20. The summed E-state index contributed by atoms with van der Waals surface area (Å²) in [6.07, 6.45) is 3.19. The van der Waals surface area contributed by atoms with Crippen molar-refractivity contribution in [2.75, 3.05) is 33.0 Å². The Kier molecular flexibility index (Phi) is 10.6. The maximum Gasteiger partial charge on any atom is 0.228 e. The van der Waals surface area contributed by atoms with Gasteiger partial charge < -0.3 is 25.3 Å². The molecule has 0 aromatic heterocycles. The molecular formula is C21H35ClN2O4. The van der Waals surface area contributed by atoms with Gasteiger partial charge in [0, 0.05) is 19.8 Å². The standard InChI is InChI=1S/C21H34N2O4.ClH/c1-4-10-26-18-7-6-17(14-19(18)27-11-5-2)16(3)23-20(24)21(15-22)8-12-25-13-9-21;/h6-7,14,16H,4-5,8-13,15,22H2,1-3H3,(H,23,24);1H. The molecule has 0 aliphatic carbocycles. The van der Waals surface area contributed by atoms with E-state index in [1.165, 1.54) is 0 Å². The number of benzene rings is 1. The lowest BCUT2D eigenvalue weighted by Gasteiger charge is -2.35. The Labute approximate surface area is 174 Å². The molecule has 3 N–H and O–H groups in total. The molecule has 2 rings (SSSR count). The van der Waals surface area contributed by atoms with Crippen molar-refractivity contribution in [3.63, 3.8) is 0 Å². The Bertz CT molecular complexity index is 606. The number of nitrogens with one attached hydrogen (secondary N) is 1. The Hall–Kier alpha value is -1.50. The van der Waals surface area contributed by atoms with E-state index >= 15 is 0 Å². The zero-order valence-electron chi connectivity index (χ0n) is 17.3. The maximum absolute atomic E-state index is 12.9. The van der Waals surface area contributed by atoms with Crippen molar-refractivity contribution in [1.82, 2.24) is 5.32 Å². The minimum absolute atomic E-state index is 0. The molecule has 1 saturated heterocycles. The fourth-order valence-electron chi connectivity index (χ4n) is 3.17. The third kappa shape index (κ3) is 6.26. The van der Waals surface area contributed by atoms with Gasteiger partial charge >= 0.3 is 0 Å². The summed E-state index contributed by atoms with van der Waals surface area (Å²) in [4.78, 5) is 12.9. The van der Waals surface area contributed by atoms with Gasteiger partial charge in [-0.15, -0.1) is 12.4 Å². The molecule has 1 aromatic rings. The van der Waals surface area contributed by atoms with Crippen LogP contribution in [0.25, 0.3) is 0 Å². The van der Waals surface area contributed by atoms with E-state index in [0.29, 0.717) is 45.8 Å². The SMILES string of the molecule is CCCOc1ccc(C(C)NC(=O)C2(CN)CCOCC2)cc1OCCC.Cl. The number of hydrogen-bond acceptors (Lipinski definition) is 5. The quantitative estimate of drug-likeness (QED) is 0.611. The van der Waals surface area contributed by atoms with Gasteiger partial charge in [0.2, 0.25) is 5.91 Å². The number of amides is 1. The van der Waals surface area contributed by atoms with Crippen LogP contribution in [0.1, 0.15) is 58.1 Å². The number of halogens is 1. The number of carbonyl (C=O) groups is 1. The molecule has 0 saturated carbocycles. The number of nitrogens with two attached hydrogens (primary N) is 1. The van der Waals surface area contributed by atoms with Gasteiger partial charge in [0.1, 0.15) is 0 Å². The molecule has 0 spiro atoms. The highest BCUT2D eigenvalue weighted by Gasteiger charge is 2.39. The van der Waals surface area contributed by atoms with Crippen LogP contribution in [0.2, 0.25) is 0 Å². The molecule has 1 aromatic carbocycles. The van der Waals surface area contributed by atoms with Crippen LogP contribution in [-0.4, -0.2) is 38.9 Å². The van der Waals surface area contributed by atoms with Gasteiger partial charge in [-0.25, -0.2) is 0 Å². The van der Waals surface area contributed by atoms with E-state index in [9.17, 15) is 4.79 Å². The van der Waals surface area contributed by atoms with Gasteiger partial charge in [-0.2, -0.15) is 0 Å². The normalized spacial score (nSPS) is 16.6. The van der Waals surface area contributed by atoms with Crippen LogP contribution in [0.15, 0.2) is 18.2 Å². The molecule has 1 aliphatic rings. The van der Waals surface area contributed by atoms with Crippen LogP contribution >= 0.6 is 12.4 Å². The van der Waals surface area contributed by atoms with Gasteiger partial charge in [0.25, 0.3) is 0 Å². The van der Waals surface area contributed by atoms with E-state index in [4.69, 9.17) is 19.9 Å². The maximum atomic E-state index is 12.9. The summed E-state index contributed by atoms with van der Waals surface area (Å²) >= 11 is 0. The summed E-state index contributed by atoms with van der Waals surface area (Å²) < 4.78 is 17.0. The van der Waals surface area contributed by atoms with Gasteiger partial charge in [0.15, 0.2) is 11.5 Å². The Balaban J connectivity index is 0.00000392. The summed E-state index contributed by atoms with van der Waals surface area (Å²) in [5.41, 5.74) is 6.40. The highest BCUT2D eigenvalue weighted by Crippen LogP contribution is 2.33. The first kappa shape index (κ1) is 24.5. The zero-order valence-corrected chi connectivity index (χ0v) is 18.1. The predicted molar refractivity (Wildman–Crippen MR) is 113 cm³/mol. The fourth-order valence-corrected chi connectivity index (χ4v) is 3.17. The van der Waals surface area contributed by atoms with E-state index < -0.39 is 5.41 Å². The second kappa shape index (κ2) is 12.1. The van der Waals surface area contributed by atoms with Crippen molar-refractivity contribution in [2.24, 2.45) is 11.1 Å². The highest BCUT2D eigenvalue weighted by molar-refractivity contribution is 5.85.